The van der Waals surface area contributed by atoms with E-state index < -0.39 is 0 Å². The Bertz CT molecular complexity index is 753. The van der Waals surface area contributed by atoms with Crippen LogP contribution in [0.25, 0.3) is 11.4 Å². The molecular weight excluding hydrogens is 294 g/mol. The minimum absolute atomic E-state index is 0.510. The molecule has 0 saturated heterocycles. The first-order chi connectivity index (χ1) is 10.8. The zero-order chi connectivity index (χ0) is 15.4. The minimum Gasteiger partial charge on any atom is -0.375 e. The van der Waals surface area contributed by atoms with Crippen molar-refractivity contribution in [3.63, 3.8) is 0 Å². The van der Waals surface area contributed by atoms with Gasteiger partial charge in [0.05, 0.1) is 6.54 Å². The fraction of sp³-hybridized carbons (Fsp3) is 0.176. The number of aromatic nitrogens is 2. The van der Waals surface area contributed by atoms with Crippen molar-refractivity contribution in [2.24, 2.45) is 0 Å². The Morgan fingerprint density at radius 1 is 1.09 bits per heavy atom. The molecule has 0 fully saturated rings. The van der Waals surface area contributed by atoms with Crippen molar-refractivity contribution >= 4 is 17.4 Å². The lowest BCUT2D eigenvalue weighted by Gasteiger charge is -2.07. The van der Waals surface area contributed by atoms with Crippen molar-refractivity contribution in [2.45, 2.75) is 18.4 Å². The van der Waals surface area contributed by atoms with Crippen LogP contribution in [0, 0.1) is 6.92 Å². The molecule has 1 aromatic heterocycles. The molecule has 0 spiro atoms. The second-order valence-electron chi connectivity index (χ2n) is 4.93. The van der Waals surface area contributed by atoms with Gasteiger partial charge in [0.25, 0.3) is 0 Å². The van der Waals surface area contributed by atoms with Crippen molar-refractivity contribution in [3.05, 3.63) is 60.0 Å². The first kappa shape index (κ1) is 14.7. The van der Waals surface area contributed by atoms with Crippen LogP contribution in [0.4, 0.5) is 5.69 Å². The van der Waals surface area contributed by atoms with Crippen molar-refractivity contribution < 1.29 is 4.52 Å². The maximum Gasteiger partial charge on any atom is 0.246 e. The molecule has 0 radical (unpaired) electrons. The normalized spacial score (nSPS) is 10.6. The molecule has 0 amide bonds. The second-order valence-corrected chi connectivity index (χ2v) is 5.78. The molecule has 5 heteroatoms. The van der Waals surface area contributed by atoms with E-state index in [1.54, 1.807) is 11.8 Å². The zero-order valence-corrected chi connectivity index (χ0v) is 13.4. The van der Waals surface area contributed by atoms with E-state index >= 15 is 0 Å². The Labute approximate surface area is 133 Å². The number of hydrogen-bond acceptors (Lipinski definition) is 5. The molecule has 2 aromatic carbocycles. The van der Waals surface area contributed by atoms with Crippen LogP contribution in [0.1, 0.15) is 11.5 Å². The fourth-order valence-electron chi connectivity index (χ4n) is 2.11. The maximum absolute atomic E-state index is 5.31. The predicted molar refractivity (Wildman–Crippen MR) is 90.0 cm³/mol. The number of rotatable bonds is 5. The van der Waals surface area contributed by atoms with Crippen molar-refractivity contribution in [1.82, 2.24) is 10.1 Å². The molecule has 0 aliphatic heterocycles. The summed E-state index contributed by atoms with van der Waals surface area (Å²) in [6.45, 7) is 2.56. The molecule has 0 unspecified atom stereocenters. The number of nitrogens with one attached hydrogen (secondary N) is 1. The average molecular weight is 311 g/mol. The van der Waals surface area contributed by atoms with Crippen LogP contribution in [0.3, 0.4) is 0 Å². The Morgan fingerprint density at radius 3 is 2.64 bits per heavy atom. The Kier molecular flexibility index (Phi) is 4.44. The lowest BCUT2D eigenvalue weighted by Crippen LogP contribution is -2.00. The van der Waals surface area contributed by atoms with Crippen LogP contribution < -0.4 is 5.32 Å². The molecule has 22 heavy (non-hydrogen) atoms. The number of aryl methyl sites for hydroxylation is 1. The molecule has 0 saturated carbocycles. The number of benzene rings is 2. The lowest BCUT2D eigenvalue weighted by molar-refractivity contribution is 0.384. The van der Waals surface area contributed by atoms with Crippen LogP contribution in [0.5, 0.6) is 0 Å². The summed E-state index contributed by atoms with van der Waals surface area (Å²) in [5, 5.41) is 7.38. The van der Waals surface area contributed by atoms with Crippen LogP contribution in [-0.2, 0) is 6.54 Å². The maximum atomic E-state index is 5.31. The molecule has 0 aliphatic carbocycles. The van der Waals surface area contributed by atoms with E-state index in [4.69, 9.17) is 4.52 Å². The van der Waals surface area contributed by atoms with Crippen LogP contribution in [0.15, 0.2) is 57.9 Å². The summed E-state index contributed by atoms with van der Waals surface area (Å²) < 4.78 is 5.31. The van der Waals surface area contributed by atoms with Gasteiger partial charge < -0.3 is 9.84 Å². The number of nitrogens with zero attached hydrogens (tertiary/aromatic N) is 2. The Hall–Kier alpha value is -2.27. The largest absolute Gasteiger partial charge is 0.375 e. The topological polar surface area (TPSA) is 51.0 Å². The first-order valence-corrected chi connectivity index (χ1v) is 8.25. The van der Waals surface area contributed by atoms with Gasteiger partial charge in [0, 0.05) is 16.1 Å². The SMILES string of the molecule is CSc1ccccc1NCc1nc(-c2ccc(C)cc2)no1. The lowest BCUT2D eigenvalue weighted by atomic mass is 10.1. The molecule has 3 aromatic rings. The van der Waals surface area contributed by atoms with Gasteiger partial charge in [-0.05, 0) is 25.3 Å². The van der Waals surface area contributed by atoms with E-state index in [1.807, 2.05) is 42.5 Å². The quantitative estimate of drug-likeness (QED) is 0.709. The standard InChI is InChI=1S/C17H17N3OS/c1-12-7-9-13(10-8-12)17-19-16(21-20-17)11-18-14-5-3-4-6-15(14)22-2/h3-10,18H,11H2,1-2H3. The summed E-state index contributed by atoms with van der Waals surface area (Å²) in [5.74, 6) is 1.20. The highest BCUT2D eigenvalue weighted by atomic mass is 32.2. The summed E-state index contributed by atoms with van der Waals surface area (Å²) in [6, 6.07) is 16.2. The first-order valence-electron chi connectivity index (χ1n) is 7.03. The molecule has 1 N–H and O–H groups in total. The second kappa shape index (κ2) is 6.66. The number of thioether (sulfide) groups is 1. The van der Waals surface area contributed by atoms with Crippen LogP contribution in [0.2, 0.25) is 0 Å². The molecule has 0 aliphatic rings. The third-order valence-corrected chi connectivity index (χ3v) is 4.11. The third-order valence-electron chi connectivity index (χ3n) is 3.31. The highest BCUT2D eigenvalue weighted by Gasteiger charge is 2.09. The third kappa shape index (κ3) is 3.31. The van der Waals surface area contributed by atoms with E-state index in [0.717, 1.165) is 11.3 Å². The van der Waals surface area contributed by atoms with Gasteiger partial charge in [-0.15, -0.1) is 11.8 Å². The summed E-state index contributed by atoms with van der Waals surface area (Å²) in [7, 11) is 0. The molecular formula is C17H17N3OS. The van der Waals surface area contributed by atoms with Gasteiger partial charge in [0.1, 0.15) is 0 Å². The highest BCUT2D eigenvalue weighted by Crippen LogP contribution is 2.25. The summed E-state index contributed by atoms with van der Waals surface area (Å²) in [4.78, 5) is 5.63. The van der Waals surface area contributed by atoms with E-state index in [0.29, 0.717) is 18.3 Å². The van der Waals surface area contributed by atoms with Gasteiger partial charge in [-0.1, -0.05) is 47.1 Å². The van der Waals surface area contributed by atoms with Gasteiger partial charge in [-0.2, -0.15) is 4.98 Å². The smallest absolute Gasteiger partial charge is 0.246 e. The molecule has 3 rings (SSSR count). The molecule has 4 nitrogen and oxygen atoms in total. The highest BCUT2D eigenvalue weighted by molar-refractivity contribution is 7.98. The van der Waals surface area contributed by atoms with E-state index in [2.05, 4.69) is 34.7 Å². The van der Waals surface area contributed by atoms with Crippen molar-refractivity contribution in [1.29, 1.82) is 0 Å². The summed E-state index contributed by atoms with van der Waals surface area (Å²) in [5.41, 5.74) is 3.25. The minimum atomic E-state index is 0.510. The van der Waals surface area contributed by atoms with Crippen LogP contribution >= 0.6 is 11.8 Å². The molecule has 1 heterocycles. The number of para-hydroxylation sites is 1. The van der Waals surface area contributed by atoms with Gasteiger partial charge in [-0.25, -0.2) is 0 Å². The van der Waals surface area contributed by atoms with Gasteiger partial charge >= 0.3 is 0 Å². The van der Waals surface area contributed by atoms with Gasteiger partial charge in [0.15, 0.2) is 0 Å². The monoisotopic (exact) mass is 311 g/mol. The molecule has 112 valence electrons. The average Bonchev–Trinajstić information content (AvgIpc) is 3.03. The predicted octanol–water partition coefficient (Wildman–Crippen LogP) is 4.38. The van der Waals surface area contributed by atoms with Gasteiger partial charge in [-0.3, -0.25) is 0 Å². The van der Waals surface area contributed by atoms with Crippen molar-refractivity contribution in [2.75, 3.05) is 11.6 Å². The van der Waals surface area contributed by atoms with E-state index in [-0.39, 0.29) is 0 Å². The zero-order valence-electron chi connectivity index (χ0n) is 12.5. The van der Waals surface area contributed by atoms with Gasteiger partial charge in [0.2, 0.25) is 11.7 Å². The summed E-state index contributed by atoms with van der Waals surface area (Å²) >= 11 is 1.70. The van der Waals surface area contributed by atoms with E-state index in [9.17, 15) is 0 Å². The fourth-order valence-corrected chi connectivity index (χ4v) is 2.68. The summed E-state index contributed by atoms with van der Waals surface area (Å²) in [6.07, 6.45) is 2.06. The Morgan fingerprint density at radius 2 is 1.86 bits per heavy atom. The molecule has 0 atom stereocenters. The number of hydrogen-bond donors (Lipinski definition) is 1. The number of anilines is 1. The Balaban J connectivity index is 1.71. The molecule has 0 bridgehead atoms. The van der Waals surface area contributed by atoms with Crippen LogP contribution in [-0.4, -0.2) is 16.4 Å². The van der Waals surface area contributed by atoms with Crippen molar-refractivity contribution in [3.8, 4) is 11.4 Å². The van der Waals surface area contributed by atoms with E-state index in [1.165, 1.54) is 10.5 Å².